The fourth-order valence-corrected chi connectivity index (χ4v) is 3.43. The van der Waals surface area contributed by atoms with E-state index in [0.717, 1.165) is 22.4 Å². The summed E-state index contributed by atoms with van der Waals surface area (Å²) in [6, 6.07) is 27.2. The van der Waals surface area contributed by atoms with Crippen LogP contribution in [0.25, 0.3) is 11.1 Å². The van der Waals surface area contributed by atoms with Crippen LogP contribution in [0.2, 0.25) is 0 Å². The monoisotopic (exact) mass is 406 g/mol. The molecule has 0 bridgehead atoms. The molecule has 0 aliphatic carbocycles. The maximum absolute atomic E-state index is 12.0. The smallest absolute Gasteiger partial charge is 0.276 e. The third-order valence-corrected chi connectivity index (χ3v) is 5.02. The van der Waals surface area contributed by atoms with Crippen molar-refractivity contribution in [2.75, 3.05) is 12.4 Å². The lowest BCUT2D eigenvalue weighted by Gasteiger charge is -2.12. The molecular formula is C23H22N2O3S. The summed E-state index contributed by atoms with van der Waals surface area (Å²) in [5.74, 6) is 0.922. The standard InChI is InChI=1S/C23H22N2O3S/c26-22(24-25-23(27)17-29-16-18-9-3-1-4-10-18)15-28-21-14-8-7-13-20(21)19-11-5-2-6-12-19/h1-14H,15-17H2,(H,24,26)(H,25,27). The van der Waals surface area contributed by atoms with Crippen LogP contribution in [0.15, 0.2) is 84.9 Å². The van der Waals surface area contributed by atoms with Gasteiger partial charge < -0.3 is 4.74 Å². The second-order valence-corrected chi connectivity index (χ2v) is 7.21. The Morgan fingerprint density at radius 3 is 2.14 bits per heavy atom. The number of thioether (sulfide) groups is 1. The number of hydrogen-bond acceptors (Lipinski definition) is 4. The largest absolute Gasteiger partial charge is 0.483 e. The quantitative estimate of drug-likeness (QED) is 0.558. The predicted molar refractivity (Wildman–Crippen MR) is 116 cm³/mol. The van der Waals surface area contributed by atoms with Gasteiger partial charge in [-0.2, -0.15) is 0 Å². The molecular weight excluding hydrogens is 384 g/mol. The third kappa shape index (κ3) is 6.69. The molecule has 6 heteroatoms. The number of rotatable bonds is 8. The van der Waals surface area contributed by atoms with E-state index in [9.17, 15) is 9.59 Å². The average Bonchev–Trinajstić information content (AvgIpc) is 2.78. The van der Waals surface area contributed by atoms with Crippen LogP contribution in [0.3, 0.4) is 0 Å². The first kappa shape index (κ1) is 20.5. The summed E-state index contributed by atoms with van der Waals surface area (Å²) in [6.45, 7) is -0.193. The van der Waals surface area contributed by atoms with Gasteiger partial charge in [0, 0.05) is 11.3 Å². The molecule has 3 aromatic rings. The highest BCUT2D eigenvalue weighted by Crippen LogP contribution is 2.29. The summed E-state index contributed by atoms with van der Waals surface area (Å²) in [5.41, 5.74) is 7.86. The molecule has 3 aromatic carbocycles. The number of hydrazine groups is 1. The van der Waals surface area contributed by atoms with Gasteiger partial charge in [-0.25, -0.2) is 0 Å². The van der Waals surface area contributed by atoms with E-state index in [-0.39, 0.29) is 18.3 Å². The highest BCUT2D eigenvalue weighted by Gasteiger charge is 2.09. The molecule has 0 heterocycles. The average molecular weight is 407 g/mol. The fourth-order valence-electron chi connectivity index (χ4n) is 2.64. The summed E-state index contributed by atoms with van der Waals surface area (Å²) >= 11 is 1.48. The van der Waals surface area contributed by atoms with E-state index < -0.39 is 5.91 Å². The number of hydrogen-bond donors (Lipinski definition) is 2. The van der Waals surface area contributed by atoms with E-state index >= 15 is 0 Å². The molecule has 0 saturated carbocycles. The van der Waals surface area contributed by atoms with Crippen molar-refractivity contribution in [2.24, 2.45) is 0 Å². The van der Waals surface area contributed by atoms with Gasteiger partial charge in [0.25, 0.3) is 5.91 Å². The van der Waals surface area contributed by atoms with Crippen molar-refractivity contribution < 1.29 is 14.3 Å². The molecule has 0 aliphatic heterocycles. The molecule has 2 N–H and O–H groups in total. The molecule has 29 heavy (non-hydrogen) atoms. The topological polar surface area (TPSA) is 67.4 Å². The van der Waals surface area contributed by atoms with Crippen LogP contribution in [0, 0.1) is 0 Å². The molecule has 0 aromatic heterocycles. The van der Waals surface area contributed by atoms with Gasteiger partial charge in [0.05, 0.1) is 5.75 Å². The molecule has 148 valence electrons. The number of benzene rings is 3. The first-order valence-corrected chi connectivity index (χ1v) is 10.3. The van der Waals surface area contributed by atoms with Crippen molar-refractivity contribution in [2.45, 2.75) is 5.75 Å². The zero-order chi connectivity index (χ0) is 20.3. The van der Waals surface area contributed by atoms with E-state index in [1.165, 1.54) is 11.8 Å². The lowest BCUT2D eigenvalue weighted by atomic mass is 10.1. The van der Waals surface area contributed by atoms with Crippen LogP contribution in [-0.2, 0) is 15.3 Å². The summed E-state index contributed by atoms with van der Waals surface area (Å²) in [4.78, 5) is 23.9. The van der Waals surface area contributed by atoms with Gasteiger partial charge in [-0.3, -0.25) is 20.4 Å². The Bertz CT molecular complexity index is 933. The van der Waals surface area contributed by atoms with Gasteiger partial charge in [0.2, 0.25) is 5.91 Å². The fraction of sp³-hybridized carbons (Fsp3) is 0.130. The van der Waals surface area contributed by atoms with Gasteiger partial charge in [0.1, 0.15) is 5.75 Å². The molecule has 3 rings (SSSR count). The van der Waals surface area contributed by atoms with Crippen LogP contribution in [0.5, 0.6) is 5.75 Å². The Morgan fingerprint density at radius 1 is 0.759 bits per heavy atom. The van der Waals surface area contributed by atoms with Crippen LogP contribution in [-0.4, -0.2) is 24.2 Å². The van der Waals surface area contributed by atoms with Gasteiger partial charge in [-0.15, -0.1) is 11.8 Å². The maximum atomic E-state index is 12.0. The molecule has 2 amide bonds. The Labute approximate surface area is 174 Å². The minimum atomic E-state index is -0.422. The van der Waals surface area contributed by atoms with Gasteiger partial charge in [0.15, 0.2) is 6.61 Å². The van der Waals surface area contributed by atoms with Gasteiger partial charge in [-0.1, -0.05) is 78.9 Å². The van der Waals surface area contributed by atoms with E-state index in [1.54, 1.807) is 0 Å². The van der Waals surface area contributed by atoms with Crippen LogP contribution in [0.1, 0.15) is 5.56 Å². The third-order valence-electron chi connectivity index (χ3n) is 4.02. The number of ether oxygens (including phenoxy) is 1. The number of carbonyl (C=O) groups is 2. The minimum Gasteiger partial charge on any atom is -0.483 e. The summed E-state index contributed by atoms with van der Waals surface area (Å²) < 4.78 is 5.66. The number of para-hydroxylation sites is 1. The maximum Gasteiger partial charge on any atom is 0.276 e. The second-order valence-electron chi connectivity index (χ2n) is 6.23. The van der Waals surface area contributed by atoms with Crippen molar-refractivity contribution >= 4 is 23.6 Å². The highest BCUT2D eigenvalue weighted by molar-refractivity contribution is 7.99. The molecule has 5 nitrogen and oxygen atoms in total. The first-order valence-electron chi connectivity index (χ1n) is 9.19. The highest BCUT2D eigenvalue weighted by atomic mass is 32.2. The zero-order valence-corrected chi connectivity index (χ0v) is 16.7. The zero-order valence-electron chi connectivity index (χ0n) is 15.8. The van der Waals surface area contributed by atoms with Gasteiger partial charge in [-0.05, 0) is 17.2 Å². The lowest BCUT2D eigenvalue weighted by Crippen LogP contribution is -2.44. The normalized spacial score (nSPS) is 10.2. The number of amides is 2. The van der Waals surface area contributed by atoms with Crippen LogP contribution < -0.4 is 15.6 Å². The summed E-state index contributed by atoms with van der Waals surface area (Å²) in [6.07, 6.45) is 0. The van der Waals surface area contributed by atoms with Crippen molar-refractivity contribution in [3.05, 3.63) is 90.5 Å². The van der Waals surface area contributed by atoms with Gasteiger partial charge >= 0.3 is 0 Å². The van der Waals surface area contributed by atoms with E-state index in [0.29, 0.717) is 5.75 Å². The number of carbonyl (C=O) groups excluding carboxylic acids is 2. The molecule has 0 atom stereocenters. The molecule has 0 saturated heterocycles. The second kappa shape index (κ2) is 10.9. The molecule has 0 unspecified atom stereocenters. The Kier molecular flexibility index (Phi) is 7.72. The summed E-state index contributed by atoms with van der Waals surface area (Å²) in [7, 11) is 0. The van der Waals surface area contributed by atoms with E-state index in [4.69, 9.17) is 4.74 Å². The Balaban J connectivity index is 1.41. The first-order chi connectivity index (χ1) is 14.2. The van der Waals surface area contributed by atoms with Crippen molar-refractivity contribution in [3.8, 4) is 16.9 Å². The van der Waals surface area contributed by atoms with Crippen molar-refractivity contribution in [1.29, 1.82) is 0 Å². The van der Waals surface area contributed by atoms with Crippen molar-refractivity contribution in [3.63, 3.8) is 0 Å². The lowest BCUT2D eigenvalue weighted by molar-refractivity contribution is -0.128. The molecule has 0 aliphatic rings. The molecule has 0 radical (unpaired) electrons. The van der Waals surface area contributed by atoms with Crippen LogP contribution >= 0.6 is 11.8 Å². The number of nitrogens with one attached hydrogen (secondary N) is 2. The van der Waals surface area contributed by atoms with Crippen molar-refractivity contribution in [1.82, 2.24) is 10.9 Å². The minimum absolute atomic E-state index is 0.193. The summed E-state index contributed by atoms with van der Waals surface area (Å²) in [5, 5.41) is 0. The Hall–Kier alpha value is -3.25. The molecule has 0 fully saturated rings. The van der Waals surface area contributed by atoms with E-state index in [2.05, 4.69) is 10.9 Å². The van der Waals surface area contributed by atoms with Crippen LogP contribution in [0.4, 0.5) is 0 Å². The Morgan fingerprint density at radius 2 is 1.38 bits per heavy atom. The predicted octanol–water partition coefficient (Wildman–Crippen LogP) is 3.81. The van der Waals surface area contributed by atoms with E-state index in [1.807, 2.05) is 84.9 Å². The SMILES string of the molecule is O=C(COc1ccccc1-c1ccccc1)NNC(=O)CSCc1ccccc1. The molecule has 0 spiro atoms.